The summed E-state index contributed by atoms with van der Waals surface area (Å²) in [4.78, 5) is 0. The zero-order valence-electron chi connectivity index (χ0n) is 40.0. The number of aromatic nitrogens is 2. The minimum Gasteiger partial charge on any atom is -0.191 e. The van der Waals surface area contributed by atoms with Crippen LogP contribution in [0.25, 0.3) is 67.3 Å². The van der Waals surface area contributed by atoms with Crippen molar-refractivity contribution in [2.45, 2.75) is 129 Å². The van der Waals surface area contributed by atoms with Crippen LogP contribution < -0.4 is 9.13 Å². The van der Waals surface area contributed by atoms with Crippen molar-refractivity contribution in [1.29, 1.82) is 0 Å². The van der Waals surface area contributed by atoms with Crippen LogP contribution in [0, 0.1) is 0 Å². The number of benzene rings is 6. The molecule has 68 heavy (non-hydrogen) atoms. The van der Waals surface area contributed by atoms with Crippen molar-refractivity contribution < 1.29 is 9.13 Å². The van der Waals surface area contributed by atoms with Gasteiger partial charge in [-0.25, -0.2) is 0 Å². The molecule has 6 aromatic carbocycles. The second-order valence-electron chi connectivity index (χ2n) is 20.3. The maximum atomic E-state index is 2.80. The van der Waals surface area contributed by atoms with Crippen molar-refractivity contribution in [2.75, 3.05) is 0 Å². The van der Waals surface area contributed by atoms with Gasteiger partial charge in [-0.05, 0) is 122 Å². The monoisotopic (exact) mass is 887 g/mol. The van der Waals surface area contributed by atoms with E-state index in [0.29, 0.717) is 0 Å². The molecule has 8 aromatic rings. The number of hydrogen-bond acceptors (Lipinski definition) is 0. The Labute approximate surface area is 405 Å². The highest BCUT2D eigenvalue weighted by atomic mass is 15.0. The number of aryl methyl sites for hydroxylation is 4. The standard InChI is InChI=1S/C66H66N2/c1(3-5-7-23-45-67-63-53-33-19-15-25-47(53)37-41-57(63)61(51-29-11-9-12-30-51)58-42-38-48-26-16-20-34-54(48)64(58)67)2-4-6-8-24-46-68-65-55-35-21-17-27-49(55)39-43-59(65)62(52-31-13-10-14-32-52)60-44-40-50-28-18-22-36-56(50)66(60)68/h9-22,25-36H,1-8,23-24,37-46H2/q+2. The van der Waals surface area contributed by atoms with E-state index in [1.807, 2.05) is 0 Å². The molecule has 0 saturated carbocycles. The zero-order valence-corrected chi connectivity index (χ0v) is 40.0. The van der Waals surface area contributed by atoms with Crippen molar-refractivity contribution in [2.24, 2.45) is 0 Å². The summed E-state index contributed by atoms with van der Waals surface area (Å²) in [6.07, 6.45) is 22.0. The van der Waals surface area contributed by atoms with Gasteiger partial charge in [0.05, 0.1) is 0 Å². The molecular formula is C66H66N2+2. The Balaban J connectivity index is 0.712. The van der Waals surface area contributed by atoms with Crippen LogP contribution in [0.4, 0.5) is 0 Å². The van der Waals surface area contributed by atoms with Gasteiger partial charge in [-0.3, -0.25) is 0 Å². The fourth-order valence-corrected chi connectivity index (χ4v) is 13.1. The van der Waals surface area contributed by atoms with Crippen LogP contribution in [0.15, 0.2) is 158 Å². The fourth-order valence-electron chi connectivity index (χ4n) is 13.1. The lowest BCUT2D eigenvalue weighted by Gasteiger charge is -2.28. The topological polar surface area (TPSA) is 7.76 Å². The van der Waals surface area contributed by atoms with Gasteiger partial charge in [0.2, 0.25) is 22.8 Å². The van der Waals surface area contributed by atoms with Gasteiger partial charge in [0.1, 0.15) is 13.1 Å². The number of nitrogens with zero attached hydrogens (tertiary/aromatic N) is 2. The molecule has 0 fully saturated rings. The second-order valence-corrected chi connectivity index (χ2v) is 20.3. The molecule has 4 aliphatic rings. The Morgan fingerprint density at radius 1 is 0.250 bits per heavy atom. The van der Waals surface area contributed by atoms with Crippen LogP contribution in [-0.4, -0.2) is 0 Å². The normalized spacial score (nSPS) is 13.8. The largest absolute Gasteiger partial charge is 0.217 e. The Morgan fingerprint density at radius 3 is 0.794 bits per heavy atom. The predicted octanol–water partition coefficient (Wildman–Crippen LogP) is 15.3. The molecule has 338 valence electrons. The molecule has 0 atom stereocenters. The number of hydrogen-bond donors (Lipinski definition) is 0. The molecule has 0 unspecified atom stereocenters. The van der Waals surface area contributed by atoms with Crippen molar-refractivity contribution in [3.8, 4) is 67.3 Å². The van der Waals surface area contributed by atoms with E-state index in [1.165, 1.54) is 154 Å². The summed E-state index contributed by atoms with van der Waals surface area (Å²) in [6, 6.07) is 59.7. The second kappa shape index (κ2) is 19.3. The first-order valence-corrected chi connectivity index (χ1v) is 26.5. The maximum absolute atomic E-state index is 2.80. The first-order chi connectivity index (χ1) is 33.8. The molecular weight excluding hydrogens is 821 g/mol. The average Bonchev–Trinajstić information content (AvgIpc) is 3.40. The predicted molar refractivity (Wildman–Crippen MR) is 282 cm³/mol. The SMILES string of the molecule is c1ccc(-c2c3c([n+](CCCCCCCCCCCC[n+]4c5c(c(-c6ccccc6)c6c4-c4ccccc4CC6)CCc4ccccc4-5)c4c2CCc2ccccc2-4)-c2ccccc2CC3)cc1. The summed E-state index contributed by atoms with van der Waals surface area (Å²) < 4.78 is 5.60. The lowest BCUT2D eigenvalue weighted by atomic mass is 9.77. The molecule has 0 bridgehead atoms. The quantitative estimate of drug-likeness (QED) is 0.0716. The maximum Gasteiger partial charge on any atom is 0.217 e. The zero-order chi connectivity index (χ0) is 45.2. The van der Waals surface area contributed by atoms with Crippen LogP contribution in [0.3, 0.4) is 0 Å². The van der Waals surface area contributed by atoms with E-state index < -0.39 is 0 Å². The molecule has 0 spiro atoms. The van der Waals surface area contributed by atoms with Crippen LogP contribution in [0.5, 0.6) is 0 Å². The Morgan fingerprint density at radius 2 is 0.500 bits per heavy atom. The van der Waals surface area contributed by atoms with E-state index in [4.69, 9.17) is 0 Å². The minimum atomic E-state index is 1.08. The summed E-state index contributed by atoms with van der Waals surface area (Å²) in [5.41, 5.74) is 29.8. The van der Waals surface area contributed by atoms with Crippen LogP contribution in [0.2, 0.25) is 0 Å². The third-order valence-electron chi connectivity index (χ3n) is 16.2. The first kappa shape index (κ1) is 42.9. The highest BCUT2D eigenvalue weighted by Crippen LogP contribution is 2.47. The van der Waals surface area contributed by atoms with E-state index in [9.17, 15) is 0 Å². The van der Waals surface area contributed by atoms with E-state index in [-0.39, 0.29) is 0 Å². The third kappa shape index (κ3) is 7.94. The van der Waals surface area contributed by atoms with Gasteiger partial charge in [0, 0.05) is 68.5 Å². The molecule has 2 heterocycles. The van der Waals surface area contributed by atoms with Crippen LogP contribution in [0.1, 0.15) is 109 Å². The van der Waals surface area contributed by atoms with Crippen molar-refractivity contribution in [1.82, 2.24) is 0 Å². The summed E-state index contributed by atoms with van der Waals surface area (Å²) in [6.45, 7) is 2.16. The van der Waals surface area contributed by atoms with Gasteiger partial charge in [0.25, 0.3) is 0 Å². The van der Waals surface area contributed by atoms with Crippen molar-refractivity contribution >= 4 is 0 Å². The van der Waals surface area contributed by atoms with Gasteiger partial charge < -0.3 is 0 Å². The van der Waals surface area contributed by atoms with E-state index in [1.54, 1.807) is 22.3 Å². The fraction of sp³-hybridized carbons (Fsp3) is 0.303. The minimum absolute atomic E-state index is 1.08. The number of fused-ring (bicyclic) bond motifs is 12. The van der Waals surface area contributed by atoms with Gasteiger partial charge in [-0.15, -0.1) is 0 Å². The molecule has 0 N–H and O–H groups in total. The Kier molecular flexibility index (Phi) is 12.2. The molecule has 0 saturated heterocycles. The first-order valence-electron chi connectivity index (χ1n) is 26.5. The summed E-state index contributed by atoms with van der Waals surface area (Å²) >= 11 is 0. The van der Waals surface area contributed by atoms with E-state index >= 15 is 0 Å². The number of unbranched alkanes of at least 4 members (excludes halogenated alkanes) is 9. The summed E-state index contributed by atoms with van der Waals surface area (Å²) in [5, 5.41) is 0. The van der Waals surface area contributed by atoms with Gasteiger partial charge >= 0.3 is 0 Å². The van der Waals surface area contributed by atoms with Crippen LogP contribution >= 0.6 is 0 Å². The molecule has 2 heteroatoms. The third-order valence-corrected chi connectivity index (χ3v) is 16.2. The smallest absolute Gasteiger partial charge is 0.191 e. The Hall–Kier alpha value is -6.38. The molecule has 0 radical (unpaired) electrons. The molecule has 2 nitrogen and oxygen atoms in total. The molecule has 2 aromatic heterocycles. The number of rotatable bonds is 15. The average molecular weight is 887 g/mol. The van der Waals surface area contributed by atoms with Gasteiger partial charge in [-0.1, -0.05) is 172 Å². The summed E-state index contributed by atoms with van der Waals surface area (Å²) in [7, 11) is 0. The number of pyridine rings is 2. The van der Waals surface area contributed by atoms with Crippen LogP contribution in [-0.2, 0) is 64.5 Å². The lowest BCUT2D eigenvalue weighted by Crippen LogP contribution is -2.43. The van der Waals surface area contributed by atoms with Crippen molar-refractivity contribution in [3.05, 3.63) is 202 Å². The van der Waals surface area contributed by atoms with E-state index in [2.05, 4.69) is 167 Å². The Bertz CT molecular complexity index is 2760. The van der Waals surface area contributed by atoms with Gasteiger partial charge in [0.15, 0.2) is 0 Å². The summed E-state index contributed by atoms with van der Waals surface area (Å²) in [5.74, 6) is 0. The molecule has 0 amide bonds. The molecule has 12 rings (SSSR count). The molecule has 0 aliphatic heterocycles. The lowest BCUT2D eigenvalue weighted by molar-refractivity contribution is -0.676. The van der Waals surface area contributed by atoms with Crippen molar-refractivity contribution in [3.63, 3.8) is 0 Å². The highest BCUT2D eigenvalue weighted by Gasteiger charge is 2.39. The van der Waals surface area contributed by atoms with Gasteiger partial charge in [-0.2, -0.15) is 9.13 Å². The van der Waals surface area contributed by atoms with E-state index in [0.717, 1.165) is 64.5 Å². The molecule has 4 aliphatic carbocycles. The highest BCUT2D eigenvalue weighted by molar-refractivity contribution is 5.87.